The molecule has 0 N–H and O–H groups in total. The molecule has 0 unspecified atom stereocenters. The number of rotatable bonds is 4. The highest BCUT2D eigenvalue weighted by atomic mass is 32.2. The maximum Gasteiger partial charge on any atom is 0.214 e. The summed E-state index contributed by atoms with van der Waals surface area (Å²) in [7, 11) is -2.53. The van der Waals surface area contributed by atoms with Crippen molar-refractivity contribution in [3.05, 3.63) is 95.3 Å². The van der Waals surface area contributed by atoms with Gasteiger partial charge in [0.15, 0.2) is 0 Å². The Balaban J connectivity index is 1.87. The van der Waals surface area contributed by atoms with E-state index in [1.54, 1.807) is 35.2 Å². The second-order valence-electron chi connectivity index (χ2n) is 6.37. The average molecular weight is 409 g/mol. The van der Waals surface area contributed by atoms with Gasteiger partial charge in [-0.05, 0) is 60.7 Å². The van der Waals surface area contributed by atoms with E-state index < -0.39 is 21.4 Å². The smallest absolute Gasteiger partial charge is 0.214 e. The van der Waals surface area contributed by atoms with E-state index in [1.807, 2.05) is 0 Å². The molecule has 3 aromatic carbocycles. The number of carbonyl (C=O) groups is 1. The number of benzene rings is 3. The number of nitrogens with zero attached hydrogens (tertiary/aromatic N) is 1. The van der Waals surface area contributed by atoms with Gasteiger partial charge in [-0.2, -0.15) is 0 Å². The quantitative estimate of drug-likeness (QED) is 0.595. The number of carbonyl (C=O) groups excluding carboxylic acids is 1. The minimum atomic E-state index is -4.03. The normalized spacial score (nSPS) is 14.7. The van der Waals surface area contributed by atoms with Crippen LogP contribution in [0.25, 0.3) is 0 Å². The average Bonchev–Trinajstić information content (AvgIpc) is 2.74. The van der Waals surface area contributed by atoms with Crippen molar-refractivity contribution in [2.75, 3.05) is 12.0 Å². The van der Waals surface area contributed by atoms with Gasteiger partial charge in [0.2, 0.25) is 15.6 Å². The zero-order valence-electron chi connectivity index (χ0n) is 15.4. The van der Waals surface area contributed by atoms with Crippen molar-refractivity contribution in [1.82, 2.24) is 0 Å². The molecule has 0 amide bonds. The maximum atomic E-state index is 13.4. The first-order valence-corrected chi connectivity index (χ1v) is 10.2. The fourth-order valence-corrected chi connectivity index (χ4v) is 4.68. The van der Waals surface area contributed by atoms with Gasteiger partial charge in [-0.3, -0.25) is 4.79 Å². The fourth-order valence-electron chi connectivity index (χ4n) is 3.14. The fraction of sp³-hybridized carbons (Fsp3) is 0.0455. The van der Waals surface area contributed by atoms with Gasteiger partial charge in [0.1, 0.15) is 16.5 Å². The Morgan fingerprint density at radius 3 is 2.24 bits per heavy atom. The standard InChI is InChI=1S/C22H16FNO4S/c1-28-18-12-6-15(7-13-18)22(25)21-14-24(17-10-8-16(23)9-11-17)19-4-2-3-5-20(19)29(21,26)27/h2-14H,1H3. The lowest BCUT2D eigenvalue weighted by Gasteiger charge is -2.28. The SMILES string of the molecule is COc1ccc(C(=O)C2=CN(c3ccc(F)cc3)c3ccccc3S2(=O)=O)cc1. The summed E-state index contributed by atoms with van der Waals surface area (Å²) in [6, 6.07) is 18.2. The van der Waals surface area contributed by atoms with Crippen molar-refractivity contribution in [1.29, 1.82) is 0 Å². The number of hydrogen-bond acceptors (Lipinski definition) is 5. The van der Waals surface area contributed by atoms with Crippen molar-refractivity contribution in [3.63, 3.8) is 0 Å². The number of para-hydroxylation sites is 1. The Labute approximate surface area is 167 Å². The van der Waals surface area contributed by atoms with Gasteiger partial charge in [-0.15, -0.1) is 0 Å². The number of hydrogen-bond donors (Lipinski definition) is 0. The van der Waals surface area contributed by atoms with Gasteiger partial charge in [0.05, 0.1) is 17.7 Å². The van der Waals surface area contributed by atoms with Gasteiger partial charge in [0.25, 0.3) is 0 Å². The predicted octanol–water partition coefficient (Wildman–Crippen LogP) is 4.48. The molecule has 0 aromatic heterocycles. The van der Waals surface area contributed by atoms with Crippen molar-refractivity contribution >= 4 is 27.0 Å². The molecule has 0 saturated heterocycles. The van der Waals surface area contributed by atoms with Gasteiger partial charge in [-0.1, -0.05) is 12.1 Å². The van der Waals surface area contributed by atoms with Crippen LogP contribution >= 0.6 is 0 Å². The summed E-state index contributed by atoms with van der Waals surface area (Å²) in [5.41, 5.74) is 1.15. The highest BCUT2D eigenvalue weighted by Gasteiger charge is 2.36. The molecule has 3 aromatic rings. The van der Waals surface area contributed by atoms with Gasteiger partial charge in [0, 0.05) is 17.5 Å². The van der Waals surface area contributed by atoms with Crippen molar-refractivity contribution in [2.24, 2.45) is 0 Å². The lowest BCUT2D eigenvalue weighted by atomic mass is 10.1. The summed E-state index contributed by atoms with van der Waals surface area (Å²) in [4.78, 5) is 14.3. The summed E-state index contributed by atoms with van der Waals surface area (Å²) in [6.45, 7) is 0. The Morgan fingerprint density at radius 1 is 0.931 bits per heavy atom. The molecule has 0 bridgehead atoms. The Bertz CT molecular complexity index is 1220. The highest BCUT2D eigenvalue weighted by Crippen LogP contribution is 2.40. The Morgan fingerprint density at radius 2 is 1.59 bits per heavy atom. The zero-order valence-corrected chi connectivity index (χ0v) is 16.2. The molecular weight excluding hydrogens is 393 g/mol. The molecule has 0 spiro atoms. The number of sulfone groups is 1. The van der Waals surface area contributed by atoms with Crippen molar-refractivity contribution < 1.29 is 22.3 Å². The van der Waals surface area contributed by atoms with Crippen LogP contribution in [0.2, 0.25) is 0 Å². The lowest BCUT2D eigenvalue weighted by Crippen LogP contribution is -2.25. The second-order valence-corrected chi connectivity index (χ2v) is 8.26. The molecule has 29 heavy (non-hydrogen) atoms. The number of ether oxygens (including phenoxy) is 1. The Hall–Kier alpha value is -3.45. The summed E-state index contributed by atoms with van der Waals surface area (Å²) in [5.74, 6) is -0.486. The van der Waals surface area contributed by atoms with E-state index in [0.717, 1.165) is 0 Å². The number of halogens is 1. The Kier molecular flexibility index (Phi) is 4.68. The van der Waals surface area contributed by atoms with Crippen molar-refractivity contribution in [2.45, 2.75) is 4.90 Å². The van der Waals surface area contributed by atoms with Gasteiger partial charge in [-0.25, -0.2) is 12.8 Å². The summed E-state index contributed by atoms with van der Waals surface area (Å²) in [5, 5.41) is 0. The first-order valence-electron chi connectivity index (χ1n) is 8.71. The number of methoxy groups -OCH3 is 1. The molecule has 0 atom stereocenters. The molecule has 5 nitrogen and oxygen atoms in total. The number of fused-ring (bicyclic) bond motifs is 1. The molecule has 1 aliphatic rings. The number of Topliss-reactive ketones (excluding diaryl/α,β-unsaturated/α-hetero) is 1. The first kappa shape index (κ1) is 18.9. The molecule has 7 heteroatoms. The third-order valence-corrected chi connectivity index (χ3v) is 6.43. The van der Waals surface area contributed by atoms with Crippen LogP contribution in [0.3, 0.4) is 0 Å². The monoisotopic (exact) mass is 409 g/mol. The van der Waals surface area contributed by atoms with E-state index in [1.165, 1.54) is 55.8 Å². The summed E-state index contributed by atoms with van der Waals surface area (Å²) < 4.78 is 44.8. The molecule has 1 aliphatic heterocycles. The lowest BCUT2D eigenvalue weighted by molar-refractivity contribution is 0.104. The van der Waals surface area contributed by atoms with Crippen LogP contribution in [-0.2, 0) is 9.84 Å². The first-order chi connectivity index (χ1) is 13.9. The molecule has 0 saturated carbocycles. The van der Waals surface area contributed by atoms with Crippen molar-refractivity contribution in [3.8, 4) is 5.75 Å². The highest BCUT2D eigenvalue weighted by molar-refractivity contribution is 7.96. The van der Waals surface area contributed by atoms with Crippen LogP contribution in [0.4, 0.5) is 15.8 Å². The summed E-state index contributed by atoms with van der Waals surface area (Å²) >= 11 is 0. The minimum Gasteiger partial charge on any atom is -0.497 e. The molecule has 0 aliphatic carbocycles. The van der Waals surface area contributed by atoms with E-state index in [4.69, 9.17) is 4.74 Å². The van der Waals surface area contributed by atoms with E-state index in [9.17, 15) is 17.6 Å². The predicted molar refractivity (Wildman–Crippen MR) is 108 cm³/mol. The van der Waals surface area contributed by atoms with Crippen LogP contribution in [0.5, 0.6) is 5.75 Å². The van der Waals surface area contributed by atoms with E-state index in [2.05, 4.69) is 0 Å². The largest absolute Gasteiger partial charge is 0.497 e. The molecule has 0 radical (unpaired) electrons. The van der Waals surface area contributed by atoms with Crippen LogP contribution in [-0.4, -0.2) is 21.3 Å². The van der Waals surface area contributed by atoms with E-state index in [-0.39, 0.29) is 15.4 Å². The van der Waals surface area contributed by atoms with Crippen LogP contribution in [0, 0.1) is 5.82 Å². The molecule has 0 fully saturated rings. The third-order valence-electron chi connectivity index (χ3n) is 4.63. The minimum absolute atomic E-state index is 0.0173. The number of ketones is 1. The van der Waals surface area contributed by atoms with Crippen LogP contribution in [0.15, 0.2) is 88.8 Å². The van der Waals surface area contributed by atoms with Crippen LogP contribution < -0.4 is 9.64 Å². The topological polar surface area (TPSA) is 63.7 Å². The number of anilines is 2. The summed E-state index contributed by atoms with van der Waals surface area (Å²) in [6.07, 6.45) is 1.29. The molecule has 1 heterocycles. The van der Waals surface area contributed by atoms with Gasteiger partial charge >= 0.3 is 0 Å². The molecular formula is C22H16FNO4S. The van der Waals surface area contributed by atoms with E-state index >= 15 is 0 Å². The second kappa shape index (κ2) is 7.18. The van der Waals surface area contributed by atoms with E-state index in [0.29, 0.717) is 17.1 Å². The van der Waals surface area contributed by atoms with Gasteiger partial charge < -0.3 is 9.64 Å². The zero-order chi connectivity index (χ0) is 20.6. The maximum absolute atomic E-state index is 13.4. The third kappa shape index (κ3) is 3.30. The molecule has 146 valence electrons. The molecule has 4 rings (SSSR count). The van der Waals surface area contributed by atoms with Crippen LogP contribution in [0.1, 0.15) is 10.4 Å². The number of allylic oxidation sites excluding steroid dienone is 1.